The van der Waals surface area contributed by atoms with Gasteiger partial charge in [0.15, 0.2) is 0 Å². The summed E-state index contributed by atoms with van der Waals surface area (Å²) in [5.74, 6) is -0.202. The Morgan fingerprint density at radius 2 is 2.29 bits per heavy atom. The van der Waals surface area contributed by atoms with Crippen LogP contribution in [0.25, 0.3) is 0 Å². The third kappa shape index (κ3) is 2.66. The van der Waals surface area contributed by atoms with Gasteiger partial charge in [0.05, 0.1) is 0 Å². The summed E-state index contributed by atoms with van der Waals surface area (Å²) in [6.45, 7) is 2.51. The molecule has 0 spiro atoms. The first-order valence-corrected chi connectivity index (χ1v) is 5.96. The highest BCUT2D eigenvalue weighted by atomic mass is 35.5. The lowest BCUT2D eigenvalue weighted by Gasteiger charge is -2.33. The maximum absolute atomic E-state index is 11.2. The number of carbonyl (C=O) groups is 1. The zero-order valence-corrected chi connectivity index (χ0v) is 10.3. The van der Waals surface area contributed by atoms with Crippen LogP contribution in [0.15, 0.2) is 6.07 Å². The molecule has 0 radical (unpaired) electrons. The number of aryl methyl sites for hydroxylation is 1. The molecule has 0 amide bonds. The molecule has 2 rings (SSSR count). The van der Waals surface area contributed by atoms with E-state index in [2.05, 4.69) is 9.97 Å². The Labute approximate surface area is 104 Å². The first-order valence-electron chi connectivity index (χ1n) is 5.58. The third-order valence-electron chi connectivity index (χ3n) is 2.90. The van der Waals surface area contributed by atoms with Crippen molar-refractivity contribution in [1.82, 2.24) is 9.97 Å². The molecular weight excluding hydrogens is 242 g/mol. The van der Waals surface area contributed by atoms with E-state index in [-0.39, 0.29) is 5.28 Å². The number of halogens is 1. The highest BCUT2D eigenvalue weighted by Crippen LogP contribution is 2.24. The van der Waals surface area contributed by atoms with Crippen molar-refractivity contribution in [3.05, 3.63) is 17.0 Å². The lowest BCUT2D eigenvalue weighted by atomic mass is 10.0. The number of rotatable bonds is 2. The molecule has 2 heterocycles. The van der Waals surface area contributed by atoms with E-state index in [4.69, 9.17) is 11.6 Å². The standard InChI is InChI=1S/C11H14ClN3O2/c1-7-6-9(14-11(12)13-7)15-5-3-2-4-8(15)10(16)17/h6,8H,2-5H2,1H3,(H,16,17)/t8-/m1/s1. The van der Waals surface area contributed by atoms with Gasteiger partial charge in [-0.15, -0.1) is 0 Å². The van der Waals surface area contributed by atoms with Crippen LogP contribution in [0.3, 0.4) is 0 Å². The van der Waals surface area contributed by atoms with Gasteiger partial charge in [0.25, 0.3) is 0 Å². The second kappa shape index (κ2) is 4.87. The van der Waals surface area contributed by atoms with Crippen molar-refractivity contribution in [3.8, 4) is 0 Å². The molecule has 1 N–H and O–H groups in total. The number of aliphatic carboxylic acids is 1. The summed E-state index contributed by atoms with van der Waals surface area (Å²) in [5, 5.41) is 9.35. The van der Waals surface area contributed by atoms with Crippen LogP contribution in [-0.4, -0.2) is 33.6 Å². The minimum absolute atomic E-state index is 0.162. The number of carboxylic acid groups (broad SMARTS) is 1. The van der Waals surface area contributed by atoms with E-state index in [1.807, 2.05) is 6.92 Å². The van der Waals surface area contributed by atoms with Gasteiger partial charge in [-0.25, -0.2) is 14.8 Å². The molecule has 0 aromatic carbocycles. The molecule has 0 bridgehead atoms. The largest absolute Gasteiger partial charge is 0.480 e. The summed E-state index contributed by atoms with van der Waals surface area (Å²) < 4.78 is 0. The summed E-state index contributed by atoms with van der Waals surface area (Å²) in [6, 6.07) is 1.27. The Bertz CT molecular complexity index is 418. The van der Waals surface area contributed by atoms with Gasteiger partial charge in [-0.05, 0) is 37.8 Å². The molecule has 0 unspecified atom stereocenters. The number of piperidine rings is 1. The lowest BCUT2D eigenvalue weighted by molar-refractivity contribution is -0.139. The Hall–Kier alpha value is -1.36. The molecule has 1 aliphatic heterocycles. The fraction of sp³-hybridized carbons (Fsp3) is 0.545. The van der Waals surface area contributed by atoms with Gasteiger partial charge < -0.3 is 10.0 Å². The molecule has 1 aromatic heterocycles. The normalized spacial score (nSPS) is 20.4. The van der Waals surface area contributed by atoms with E-state index in [0.29, 0.717) is 18.8 Å². The number of hydrogen-bond acceptors (Lipinski definition) is 4. The van der Waals surface area contributed by atoms with Gasteiger partial charge >= 0.3 is 5.97 Å². The van der Waals surface area contributed by atoms with Gasteiger partial charge in [0, 0.05) is 18.3 Å². The number of nitrogens with zero attached hydrogens (tertiary/aromatic N) is 3. The first kappa shape index (κ1) is 12.1. The van der Waals surface area contributed by atoms with Gasteiger partial charge in [-0.1, -0.05) is 0 Å². The Morgan fingerprint density at radius 3 is 2.94 bits per heavy atom. The molecule has 1 atom stereocenters. The van der Waals surface area contributed by atoms with E-state index in [0.717, 1.165) is 18.5 Å². The van der Waals surface area contributed by atoms with E-state index in [1.54, 1.807) is 11.0 Å². The van der Waals surface area contributed by atoms with Gasteiger partial charge in [-0.3, -0.25) is 0 Å². The summed E-state index contributed by atoms with van der Waals surface area (Å²) in [7, 11) is 0. The maximum Gasteiger partial charge on any atom is 0.326 e. The minimum atomic E-state index is -0.808. The molecule has 1 fully saturated rings. The molecule has 1 saturated heterocycles. The molecule has 92 valence electrons. The monoisotopic (exact) mass is 255 g/mol. The van der Waals surface area contributed by atoms with Crippen LogP contribution in [-0.2, 0) is 4.79 Å². The van der Waals surface area contributed by atoms with E-state index in [1.165, 1.54) is 0 Å². The second-order valence-electron chi connectivity index (χ2n) is 4.18. The maximum atomic E-state index is 11.2. The molecular formula is C11H14ClN3O2. The van der Waals surface area contributed by atoms with E-state index >= 15 is 0 Å². The second-order valence-corrected chi connectivity index (χ2v) is 4.52. The fourth-order valence-corrected chi connectivity index (χ4v) is 2.35. The lowest BCUT2D eigenvalue weighted by Crippen LogP contribution is -2.45. The van der Waals surface area contributed by atoms with Gasteiger partial charge in [0.2, 0.25) is 5.28 Å². The highest BCUT2D eigenvalue weighted by molar-refractivity contribution is 6.28. The average Bonchev–Trinajstić information content (AvgIpc) is 2.27. The number of carboxylic acids is 1. The van der Waals surface area contributed by atoms with Gasteiger partial charge in [-0.2, -0.15) is 0 Å². The van der Waals surface area contributed by atoms with Crippen molar-refractivity contribution >= 4 is 23.4 Å². The third-order valence-corrected chi connectivity index (χ3v) is 3.06. The Kier molecular flexibility index (Phi) is 3.47. The summed E-state index contributed by atoms with van der Waals surface area (Å²) in [5.41, 5.74) is 0.745. The predicted octanol–water partition coefficient (Wildman–Crippen LogP) is 1.88. The quantitative estimate of drug-likeness (QED) is 0.818. The number of anilines is 1. The van der Waals surface area contributed by atoms with Crippen LogP contribution >= 0.6 is 11.6 Å². The van der Waals surface area contributed by atoms with Crippen LogP contribution in [0.4, 0.5) is 5.82 Å². The van der Waals surface area contributed by atoms with Crippen LogP contribution in [0.1, 0.15) is 25.0 Å². The van der Waals surface area contributed by atoms with Crippen molar-refractivity contribution in [3.63, 3.8) is 0 Å². The Balaban J connectivity index is 2.32. The van der Waals surface area contributed by atoms with Crippen LogP contribution in [0.2, 0.25) is 5.28 Å². The predicted molar refractivity (Wildman–Crippen MR) is 64.4 cm³/mol. The summed E-state index contributed by atoms with van der Waals surface area (Å²) in [6.07, 6.45) is 2.56. The van der Waals surface area contributed by atoms with Crippen LogP contribution < -0.4 is 4.90 Å². The van der Waals surface area contributed by atoms with Crippen molar-refractivity contribution in [1.29, 1.82) is 0 Å². The SMILES string of the molecule is Cc1cc(N2CCCC[C@@H]2C(=O)O)nc(Cl)n1. The minimum Gasteiger partial charge on any atom is -0.480 e. The smallest absolute Gasteiger partial charge is 0.326 e. The molecule has 6 heteroatoms. The van der Waals surface area contributed by atoms with Crippen molar-refractivity contribution in [2.45, 2.75) is 32.2 Å². The fourth-order valence-electron chi connectivity index (χ4n) is 2.13. The topological polar surface area (TPSA) is 66.3 Å². The van der Waals surface area contributed by atoms with E-state index < -0.39 is 12.0 Å². The summed E-state index contributed by atoms with van der Waals surface area (Å²) >= 11 is 5.80. The van der Waals surface area contributed by atoms with Crippen molar-refractivity contribution < 1.29 is 9.90 Å². The molecule has 0 saturated carbocycles. The molecule has 5 nitrogen and oxygen atoms in total. The average molecular weight is 256 g/mol. The number of aromatic nitrogens is 2. The zero-order chi connectivity index (χ0) is 12.4. The van der Waals surface area contributed by atoms with Gasteiger partial charge in [0.1, 0.15) is 11.9 Å². The van der Waals surface area contributed by atoms with Crippen molar-refractivity contribution in [2.24, 2.45) is 0 Å². The van der Waals surface area contributed by atoms with Crippen molar-refractivity contribution in [2.75, 3.05) is 11.4 Å². The first-order chi connectivity index (χ1) is 8.08. The molecule has 0 aliphatic carbocycles. The molecule has 17 heavy (non-hydrogen) atoms. The number of hydrogen-bond donors (Lipinski definition) is 1. The zero-order valence-electron chi connectivity index (χ0n) is 9.56. The summed E-state index contributed by atoms with van der Waals surface area (Å²) in [4.78, 5) is 21.1. The Morgan fingerprint density at radius 1 is 1.53 bits per heavy atom. The van der Waals surface area contributed by atoms with E-state index in [9.17, 15) is 9.90 Å². The highest BCUT2D eigenvalue weighted by Gasteiger charge is 2.29. The molecule has 1 aromatic rings. The van der Waals surface area contributed by atoms with Crippen LogP contribution in [0.5, 0.6) is 0 Å². The molecule has 1 aliphatic rings. The van der Waals surface area contributed by atoms with Crippen LogP contribution in [0, 0.1) is 6.92 Å².